The Morgan fingerprint density at radius 2 is 1.86 bits per heavy atom. The van der Waals surface area contributed by atoms with Gasteiger partial charge >= 0.3 is 0 Å². The number of benzene rings is 2. The predicted octanol–water partition coefficient (Wildman–Crippen LogP) is 0.541. The van der Waals surface area contributed by atoms with Gasteiger partial charge in [-0.25, -0.2) is 0 Å². The molecule has 2 aliphatic heterocycles. The van der Waals surface area contributed by atoms with E-state index in [1.807, 2.05) is 18.2 Å². The van der Waals surface area contributed by atoms with Crippen LogP contribution in [-0.4, -0.2) is 70.2 Å². The topological polar surface area (TPSA) is 92.6 Å². The summed E-state index contributed by atoms with van der Waals surface area (Å²) in [5.74, 6) is -0.695. The average molecular weight is 481 g/mol. The number of carbonyl (C=O) groups excluding carboxylic acids is 2. The van der Waals surface area contributed by atoms with Gasteiger partial charge in [-0.2, -0.15) is 0 Å². The highest BCUT2D eigenvalue weighted by molar-refractivity contribution is 6.46. The highest BCUT2D eigenvalue weighted by Crippen LogP contribution is 2.42. The Kier molecular flexibility index (Phi) is 7.73. The molecule has 0 spiro atoms. The van der Waals surface area contributed by atoms with E-state index in [4.69, 9.17) is 14.2 Å². The monoisotopic (exact) mass is 480 g/mol. The highest BCUT2D eigenvalue weighted by atomic mass is 16.5. The molecule has 0 saturated carbocycles. The van der Waals surface area contributed by atoms with Gasteiger partial charge in [0.2, 0.25) is 5.78 Å². The summed E-state index contributed by atoms with van der Waals surface area (Å²) in [6.07, 6.45) is 0.711. The number of likely N-dealkylation sites (tertiary alicyclic amines) is 1. The molecule has 2 aromatic carbocycles. The number of nitrogens with one attached hydrogen (secondary N) is 1. The number of amides is 1. The lowest BCUT2D eigenvalue weighted by molar-refractivity contribution is -0.908. The molecule has 2 fully saturated rings. The van der Waals surface area contributed by atoms with Crippen LogP contribution < -0.4 is 19.5 Å². The van der Waals surface area contributed by atoms with E-state index in [0.29, 0.717) is 41.2 Å². The molecule has 35 heavy (non-hydrogen) atoms. The maximum absolute atomic E-state index is 13.7. The van der Waals surface area contributed by atoms with E-state index in [1.165, 1.54) is 9.80 Å². The summed E-state index contributed by atoms with van der Waals surface area (Å²) in [7, 11) is 3.09. The van der Waals surface area contributed by atoms with Gasteiger partial charge in [0.05, 0.1) is 40.0 Å². The van der Waals surface area contributed by atoms with Crippen molar-refractivity contribution in [2.24, 2.45) is 0 Å². The Morgan fingerprint density at radius 3 is 2.54 bits per heavy atom. The molecule has 2 aromatic rings. The molecule has 4 rings (SSSR count). The van der Waals surface area contributed by atoms with Crippen molar-refractivity contribution in [1.29, 1.82) is 0 Å². The maximum atomic E-state index is 13.7. The van der Waals surface area contributed by atoms with Crippen LogP contribution in [0.15, 0.2) is 48.0 Å². The minimum absolute atomic E-state index is 0.0357. The summed E-state index contributed by atoms with van der Waals surface area (Å²) in [6.45, 7) is 6.34. The van der Waals surface area contributed by atoms with Gasteiger partial charge in [0.1, 0.15) is 24.6 Å². The molecule has 2 aliphatic rings. The lowest BCUT2D eigenvalue weighted by Gasteiger charge is -2.30. The van der Waals surface area contributed by atoms with Crippen molar-refractivity contribution in [3.8, 4) is 11.5 Å². The van der Waals surface area contributed by atoms with Crippen molar-refractivity contribution < 1.29 is 33.8 Å². The molecule has 186 valence electrons. The van der Waals surface area contributed by atoms with Crippen LogP contribution in [-0.2, 0) is 14.3 Å². The first-order valence-corrected chi connectivity index (χ1v) is 11.9. The average Bonchev–Trinajstić information content (AvgIpc) is 3.13. The molecule has 0 aromatic heterocycles. The number of methoxy groups -OCH3 is 2. The summed E-state index contributed by atoms with van der Waals surface area (Å²) < 4.78 is 16.2. The number of Topliss-reactive ketones (excluding diaryl/α,β-unsaturated/α-hetero) is 1. The van der Waals surface area contributed by atoms with Crippen LogP contribution in [0, 0.1) is 6.92 Å². The molecular formula is C27H32N2O6. The van der Waals surface area contributed by atoms with Crippen LogP contribution >= 0.6 is 0 Å². The molecule has 0 aliphatic carbocycles. The van der Waals surface area contributed by atoms with Crippen LogP contribution in [0.1, 0.15) is 29.2 Å². The van der Waals surface area contributed by atoms with Crippen molar-refractivity contribution in [3.05, 3.63) is 64.7 Å². The molecule has 8 heteroatoms. The number of hydrogen-bond acceptors (Lipinski definition) is 6. The number of ketones is 1. The number of nitrogens with zero attached hydrogens (tertiary/aromatic N) is 1. The van der Waals surface area contributed by atoms with E-state index in [0.717, 1.165) is 32.8 Å². The fourth-order valence-electron chi connectivity index (χ4n) is 4.89. The normalized spacial score (nSPS) is 20.3. The Bertz CT molecular complexity index is 1120. The van der Waals surface area contributed by atoms with Crippen molar-refractivity contribution in [2.45, 2.75) is 19.4 Å². The second-order valence-electron chi connectivity index (χ2n) is 8.86. The van der Waals surface area contributed by atoms with Gasteiger partial charge in [-0.05, 0) is 36.2 Å². The first-order chi connectivity index (χ1) is 17.0. The number of para-hydroxylation sites is 1. The molecule has 8 nitrogen and oxygen atoms in total. The third-order valence-electron chi connectivity index (χ3n) is 6.77. The molecule has 1 amide bonds. The van der Waals surface area contributed by atoms with E-state index in [-0.39, 0.29) is 5.57 Å². The van der Waals surface area contributed by atoms with E-state index < -0.39 is 23.5 Å². The number of quaternary nitrogens is 1. The first-order valence-electron chi connectivity index (χ1n) is 11.9. The quantitative estimate of drug-likeness (QED) is 0.337. The van der Waals surface area contributed by atoms with Gasteiger partial charge in [0.25, 0.3) is 5.91 Å². The maximum Gasteiger partial charge on any atom is 0.295 e. The minimum atomic E-state index is -0.806. The highest BCUT2D eigenvalue weighted by Gasteiger charge is 2.45. The summed E-state index contributed by atoms with van der Waals surface area (Å²) >= 11 is 0. The fraction of sp³-hybridized carbons (Fsp3) is 0.407. The second kappa shape index (κ2) is 10.9. The summed E-state index contributed by atoms with van der Waals surface area (Å²) in [4.78, 5) is 29.4. The van der Waals surface area contributed by atoms with Gasteiger partial charge in [-0.3, -0.25) is 9.59 Å². The van der Waals surface area contributed by atoms with Gasteiger partial charge in [-0.1, -0.05) is 30.0 Å². The number of hydrogen-bond donors (Lipinski definition) is 1. The molecule has 1 N–H and O–H groups in total. The van der Waals surface area contributed by atoms with Crippen molar-refractivity contribution in [2.75, 3.05) is 53.6 Å². The van der Waals surface area contributed by atoms with E-state index in [9.17, 15) is 14.7 Å². The summed E-state index contributed by atoms with van der Waals surface area (Å²) in [5, 5.41) is 13.7. The van der Waals surface area contributed by atoms with Crippen molar-refractivity contribution >= 4 is 17.4 Å². The number of morpholine rings is 1. The van der Waals surface area contributed by atoms with Crippen LogP contribution in [0.4, 0.5) is 0 Å². The van der Waals surface area contributed by atoms with Crippen LogP contribution in [0.3, 0.4) is 0 Å². The number of aryl methyl sites for hydroxylation is 1. The predicted molar refractivity (Wildman–Crippen MR) is 128 cm³/mol. The second-order valence-corrected chi connectivity index (χ2v) is 8.86. The molecule has 2 saturated heterocycles. The van der Waals surface area contributed by atoms with Crippen LogP contribution in [0.5, 0.6) is 11.5 Å². The molecule has 0 bridgehead atoms. The van der Waals surface area contributed by atoms with Gasteiger partial charge in [-0.15, -0.1) is 0 Å². The lowest BCUT2D eigenvalue weighted by atomic mass is 9.93. The van der Waals surface area contributed by atoms with Gasteiger partial charge in [0.15, 0.2) is 0 Å². The Labute approximate surface area is 205 Å². The smallest absolute Gasteiger partial charge is 0.295 e. The standard InChI is InChI=1S/C27H32N2O6/c1-18-17-19(33-2)9-10-20(18)25(30)23-24(21-7-4-5-8-22(21)34-3)29(27(32)26(23)31)12-6-11-28-13-15-35-16-14-28/h4-5,7-10,17,24,30H,6,11-16H2,1-3H3/b25-23+. The SMILES string of the molecule is COc1ccc(/C([O-])=C2\C(=O)C(=O)N(CCC[NH+]3CCOCC3)C2c2ccccc2OC)c(C)c1. The minimum Gasteiger partial charge on any atom is -0.872 e. The van der Waals surface area contributed by atoms with Crippen LogP contribution in [0.2, 0.25) is 0 Å². The Morgan fingerprint density at radius 1 is 1.11 bits per heavy atom. The third-order valence-corrected chi connectivity index (χ3v) is 6.77. The fourth-order valence-corrected chi connectivity index (χ4v) is 4.89. The molecule has 1 unspecified atom stereocenters. The van der Waals surface area contributed by atoms with Gasteiger partial charge in [0, 0.05) is 24.1 Å². The number of carbonyl (C=O) groups is 2. The summed E-state index contributed by atoms with van der Waals surface area (Å²) in [5.41, 5.74) is 1.64. The Balaban J connectivity index is 1.73. The zero-order chi connectivity index (χ0) is 24.9. The lowest BCUT2D eigenvalue weighted by Crippen LogP contribution is -3.14. The zero-order valence-electron chi connectivity index (χ0n) is 20.5. The number of ether oxygens (including phenoxy) is 3. The molecular weight excluding hydrogens is 448 g/mol. The van der Waals surface area contributed by atoms with E-state index in [1.54, 1.807) is 45.4 Å². The zero-order valence-corrected chi connectivity index (χ0v) is 20.5. The van der Waals surface area contributed by atoms with E-state index in [2.05, 4.69) is 0 Å². The first kappa shape index (κ1) is 24.8. The third kappa shape index (κ3) is 5.04. The number of rotatable bonds is 8. The van der Waals surface area contributed by atoms with E-state index >= 15 is 0 Å². The van der Waals surface area contributed by atoms with Gasteiger partial charge < -0.3 is 29.1 Å². The Hall–Kier alpha value is -3.36. The molecule has 2 heterocycles. The van der Waals surface area contributed by atoms with Crippen LogP contribution in [0.25, 0.3) is 5.76 Å². The molecule has 1 atom stereocenters. The summed E-state index contributed by atoms with van der Waals surface area (Å²) in [6, 6.07) is 11.5. The van der Waals surface area contributed by atoms with Crippen molar-refractivity contribution in [1.82, 2.24) is 4.90 Å². The molecule has 0 radical (unpaired) electrons. The largest absolute Gasteiger partial charge is 0.872 e. The van der Waals surface area contributed by atoms with Crippen molar-refractivity contribution in [3.63, 3.8) is 0 Å².